The number of aliphatic hydroxyl groups is 1. The van der Waals surface area contributed by atoms with Crippen molar-refractivity contribution in [2.24, 2.45) is 0 Å². The normalized spacial score (nSPS) is 12.7. The molecule has 6 heteroatoms. The summed E-state index contributed by atoms with van der Waals surface area (Å²) in [5.41, 5.74) is -0.204. The Bertz CT molecular complexity index is 571. The van der Waals surface area contributed by atoms with Gasteiger partial charge in [0, 0.05) is 12.0 Å². The van der Waals surface area contributed by atoms with Crippen LogP contribution in [0.25, 0.3) is 0 Å². The van der Waals surface area contributed by atoms with Gasteiger partial charge in [-0.15, -0.1) is 0 Å². The molecule has 1 aromatic carbocycles. The highest BCUT2D eigenvalue weighted by Crippen LogP contribution is 2.28. The number of halogens is 4. The van der Waals surface area contributed by atoms with Crippen LogP contribution < -0.4 is 0 Å². The van der Waals surface area contributed by atoms with E-state index in [9.17, 15) is 13.9 Å². The molecule has 0 aliphatic rings. The summed E-state index contributed by atoms with van der Waals surface area (Å²) in [5, 5.41) is 9.94. The van der Waals surface area contributed by atoms with E-state index in [1.54, 1.807) is 0 Å². The smallest absolute Gasteiger partial charge is 0.193 e. The Morgan fingerprint density at radius 2 is 2.00 bits per heavy atom. The standard InChI is InChI=1S/C12H8BrClF2O2/c13-7-1-2-8(15)6(12(7)16)5-9(17)10-3-4-11(14)18-10/h1-4,9,17H,5H2. The molecule has 18 heavy (non-hydrogen) atoms. The molecular formula is C12H8BrClF2O2. The van der Waals surface area contributed by atoms with E-state index in [-0.39, 0.29) is 27.4 Å². The van der Waals surface area contributed by atoms with Crippen LogP contribution in [0.3, 0.4) is 0 Å². The zero-order valence-corrected chi connectivity index (χ0v) is 11.3. The summed E-state index contributed by atoms with van der Waals surface area (Å²) >= 11 is 8.52. The summed E-state index contributed by atoms with van der Waals surface area (Å²) in [5.74, 6) is -1.28. The van der Waals surface area contributed by atoms with Crippen LogP contribution in [0.2, 0.25) is 5.22 Å². The molecule has 0 fully saturated rings. The van der Waals surface area contributed by atoms with Crippen molar-refractivity contribution < 1.29 is 18.3 Å². The molecular weight excluding hydrogens is 329 g/mol. The van der Waals surface area contributed by atoms with E-state index >= 15 is 0 Å². The van der Waals surface area contributed by atoms with Crippen molar-refractivity contribution in [2.45, 2.75) is 12.5 Å². The van der Waals surface area contributed by atoms with Gasteiger partial charge in [-0.25, -0.2) is 8.78 Å². The molecule has 1 aromatic heterocycles. The molecule has 1 unspecified atom stereocenters. The Hall–Kier alpha value is -0.910. The van der Waals surface area contributed by atoms with Gasteiger partial charge in [0.05, 0.1) is 4.47 Å². The average Bonchev–Trinajstić information content (AvgIpc) is 2.76. The summed E-state index contributed by atoms with van der Waals surface area (Å²) in [6, 6.07) is 5.31. The molecule has 2 aromatic rings. The summed E-state index contributed by atoms with van der Waals surface area (Å²) in [4.78, 5) is 0. The molecule has 1 atom stereocenters. The monoisotopic (exact) mass is 336 g/mol. The predicted molar refractivity (Wildman–Crippen MR) is 66.4 cm³/mol. The van der Waals surface area contributed by atoms with Crippen molar-refractivity contribution in [3.63, 3.8) is 0 Å². The maximum absolute atomic E-state index is 13.7. The second-order valence-electron chi connectivity index (χ2n) is 3.68. The quantitative estimate of drug-likeness (QED) is 0.850. The van der Waals surface area contributed by atoms with Crippen LogP contribution >= 0.6 is 27.5 Å². The van der Waals surface area contributed by atoms with E-state index in [0.717, 1.165) is 6.07 Å². The van der Waals surface area contributed by atoms with Gasteiger partial charge >= 0.3 is 0 Å². The lowest BCUT2D eigenvalue weighted by Gasteiger charge is -2.10. The van der Waals surface area contributed by atoms with Crippen molar-refractivity contribution in [3.8, 4) is 0 Å². The van der Waals surface area contributed by atoms with Crippen molar-refractivity contribution in [1.29, 1.82) is 0 Å². The van der Waals surface area contributed by atoms with E-state index in [1.165, 1.54) is 18.2 Å². The zero-order valence-electron chi connectivity index (χ0n) is 8.96. The molecule has 0 aliphatic carbocycles. The van der Waals surface area contributed by atoms with Gasteiger partial charge in [0.2, 0.25) is 0 Å². The summed E-state index contributed by atoms with van der Waals surface area (Å²) in [6.07, 6.45) is -1.39. The Morgan fingerprint density at radius 1 is 1.28 bits per heavy atom. The highest BCUT2D eigenvalue weighted by Gasteiger charge is 2.19. The van der Waals surface area contributed by atoms with Crippen molar-refractivity contribution in [1.82, 2.24) is 0 Å². The van der Waals surface area contributed by atoms with Crippen LogP contribution in [0, 0.1) is 11.6 Å². The minimum atomic E-state index is -1.16. The first-order chi connectivity index (χ1) is 8.49. The van der Waals surface area contributed by atoms with Crippen LogP contribution in [0.15, 0.2) is 33.2 Å². The van der Waals surface area contributed by atoms with Crippen LogP contribution in [0.4, 0.5) is 8.78 Å². The molecule has 0 bridgehead atoms. The molecule has 0 amide bonds. The maximum atomic E-state index is 13.7. The summed E-state index contributed by atoms with van der Waals surface area (Å²) in [6.45, 7) is 0. The van der Waals surface area contributed by atoms with E-state index in [0.29, 0.717) is 0 Å². The van der Waals surface area contributed by atoms with Crippen molar-refractivity contribution in [2.75, 3.05) is 0 Å². The largest absolute Gasteiger partial charge is 0.447 e. The third-order valence-corrected chi connectivity index (χ3v) is 3.27. The lowest BCUT2D eigenvalue weighted by Crippen LogP contribution is -2.05. The van der Waals surface area contributed by atoms with Gasteiger partial charge in [0.1, 0.15) is 23.5 Å². The fourth-order valence-electron chi connectivity index (χ4n) is 1.56. The third-order valence-electron chi connectivity index (χ3n) is 2.46. The number of hydrogen-bond donors (Lipinski definition) is 1. The molecule has 96 valence electrons. The number of hydrogen-bond acceptors (Lipinski definition) is 2. The zero-order chi connectivity index (χ0) is 13.3. The lowest BCUT2D eigenvalue weighted by atomic mass is 10.1. The first-order valence-electron chi connectivity index (χ1n) is 5.04. The highest BCUT2D eigenvalue weighted by molar-refractivity contribution is 9.10. The Balaban J connectivity index is 2.27. The molecule has 2 nitrogen and oxygen atoms in total. The fourth-order valence-corrected chi connectivity index (χ4v) is 2.08. The van der Waals surface area contributed by atoms with Crippen molar-refractivity contribution in [3.05, 3.63) is 56.9 Å². The van der Waals surface area contributed by atoms with E-state index < -0.39 is 17.7 Å². The van der Waals surface area contributed by atoms with E-state index in [1.807, 2.05) is 0 Å². The molecule has 0 aliphatic heterocycles. The SMILES string of the molecule is OC(Cc1c(F)ccc(Br)c1F)c1ccc(Cl)o1. The molecule has 1 N–H and O–H groups in total. The second-order valence-corrected chi connectivity index (χ2v) is 4.91. The van der Waals surface area contributed by atoms with E-state index in [2.05, 4.69) is 15.9 Å². The van der Waals surface area contributed by atoms with Gasteiger partial charge in [-0.2, -0.15) is 0 Å². The molecule has 0 saturated heterocycles. The predicted octanol–water partition coefficient (Wildman–Crippen LogP) is 4.25. The molecule has 0 radical (unpaired) electrons. The van der Waals surface area contributed by atoms with Gasteiger partial charge in [-0.1, -0.05) is 0 Å². The minimum Gasteiger partial charge on any atom is -0.447 e. The Morgan fingerprint density at radius 3 is 2.61 bits per heavy atom. The highest BCUT2D eigenvalue weighted by atomic mass is 79.9. The number of furan rings is 1. The lowest BCUT2D eigenvalue weighted by molar-refractivity contribution is 0.148. The van der Waals surface area contributed by atoms with Crippen LogP contribution in [0.1, 0.15) is 17.4 Å². The van der Waals surface area contributed by atoms with Gasteiger partial charge in [0.15, 0.2) is 5.22 Å². The fraction of sp³-hybridized carbons (Fsp3) is 0.167. The third kappa shape index (κ3) is 2.74. The summed E-state index contributed by atoms with van der Waals surface area (Å²) < 4.78 is 32.3. The number of benzene rings is 1. The van der Waals surface area contributed by atoms with Crippen molar-refractivity contribution >= 4 is 27.5 Å². The van der Waals surface area contributed by atoms with Gasteiger partial charge in [-0.05, 0) is 51.8 Å². The number of rotatable bonds is 3. The van der Waals surface area contributed by atoms with Crippen LogP contribution in [0.5, 0.6) is 0 Å². The second kappa shape index (κ2) is 5.38. The van der Waals surface area contributed by atoms with E-state index in [4.69, 9.17) is 16.0 Å². The Kier molecular flexibility index (Phi) is 4.04. The van der Waals surface area contributed by atoms with Crippen LogP contribution in [-0.2, 0) is 6.42 Å². The molecule has 2 rings (SSSR count). The first kappa shape index (κ1) is 13.5. The topological polar surface area (TPSA) is 33.4 Å². The minimum absolute atomic E-state index is 0.110. The van der Waals surface area contributed by atoms with Gasteiger partial charge < -0.3 is 9.52 Å². The maximum Gasteiger partial charge on any atom is 0.193 e. The van der Waals surface area contributed by atoms with Gasteiger partial charge in [0.25, 0.3) is 0 Å². The number of aliphatic hydroxyl groups excluding tert-OH is 1. The molecule has 1 heterocycles. The van der Waals surface area contributed by atoms with Gasteiger partial charge in [-0.3, -0.25) is 0 Å². The summed E-state index contributed by atoms with van der Waals surface area (Å²) in [7, 11) is 0. The van der Waals surface area contributed by atoms with Crippen LogP contribution in [-0.4, -0.2) is 5.11 Å². The average molecular weight is 338 g/mol. The Labute approximate surface area is 115 Å². The first-order valence-corrected chi connectivity index (χ1v) is 6.22. The molecule has 0 spiro atoms. The molecule has 0 saturated carbocycles.